The number of likely N-dealkylation sites (N-methyl/N-ethyl adjacent to an activating group) is 1. The number of hydrogen-bond acceptors (Lipinski definition) is 9. The third-order valence-corrected chi connectivity index (χ3v) is 8.89. The summed E-state index contributed by atoms with van der Waals surface area (Å²) in [6.45, 7) is 5.07. The van der Waals surface area contributed by atoms with Gasteiger partial charge in [-0.3, -0.25) is 14.7 Å². The lowest BCUT2D eigenvalue weighted by Crippen LogP contribution is -2.55. The Kier molecular flexibility index (Phi) is 7.70. The first kappa shape index (κ1) is 27.9. The summed E-state index contributed by atoms with van der Waals surface area (Å²) in [7, 11) is 1.84. The minimum atomic E-state index is -0.936. The Hall–Kier alpha value is -4.21. The van der Waals surface area contributed by atoms with Crippen molar-refractivity contribution in [3.63, 3.8) is 0 Å². The minimum Gasteiger partial charge on any atom is -0.462 e. The average Bonchev–Trinajstić information content (AvgIpc) is 3.61. The fraction of sp³-hybridized carbons (Fsp3) is 0.367. The van der Waals surface area contributed by atoms with Crippen LogP contribution < -0.4 is 9.64 Å². The molecule has 1 amide bonds. The van der Waals surface area contributed by atoms with Gasteiger partial charge >= 0.3 is 6.01 Å². The molecule has 4 aromatic rings. The molecule has 1 aromatic carbocycles. The maximum atomic E-state index is 16.4. The van der Waals surface area contributed by atoms with E-state index in [0.29, 0.717) is 49.4 Å². The van der Waals surface area contributed by atoms with Gasteiger partial charge in [0.2, 0.25) is 5.91 Å². The molecule has 3 aromatic heterocycles. The number of fused-ring (bicyclic) bond motifs is 2. The molecule has 3 atom stereocenters. The van der Waals surface area contributed by atoms with Gasteiger partial charge < -0.3 is 14.5 Å². The molecule has 0 spiro atoms. The molecule has 2 fully saturated rings. The molecule has 2 aliphatic heterocycles. The number of halogens is 2. The van der Waals surface area contributed by atoms with Crippen molar-refractivity contribution in [2.24, 2.45) is 0 Å². The lowest BCUT2D eigenvalue weighted by molar-refractivity contribution is -0.128. The minimum absolute atomic E-state index is 0.0283. The molecular weight excluding hydrogens is 560 g/mol. The Morgan fingerprint density at radius 3 is 2.86 bits per heavy atom. The summed E-state index contributed by atoms with van der Waals surface area (Å²) in [5.41, 5.74) is 0.876. The van der Waals surface area contributed by atoms with Crippen LogP contribution in [0.3, 0.4) is 0 Å². The standard InChI is InChI=1S/C30H29F2N7O2S/c1-3-25(40)39-11-10-38(16-19(39)7-9-33)29-23-14-34-27(22-5-4-6-24-21(22)8-12-42-24)26(32)28(23)35-30(36-29)41-17-20-13-18(31)15-37(20)2/h3-6,8,12,14,18-20H,1,7,10-11,13,15-17H2,2H3/t18-,19+,20+/m1/s1. The van der Waals surface area contributed by atoms with Crippen LogP contribution in [0.1, 0.15) is 12.8 Å². The van der Waals surface area contributed by atoms with Crippen molar-refractivity contribution in [3.05, 3.63) is 54.3 Å². The second-order valence-electron chi connectivity index (χ2n) is 10.6. The summed E-state index contributed by atoms with van der Waals surface area (Å²) in [4.78, 5) is 31.6. The fourth-order valence-electron chi connectivity index (χ4n) is 5.83. The van der Waals surface area contributed by atoms with Crippen LogP contribution in [-0.4, -0.2) is 88.7 Å². The summed E-state index contributed by atoms with van der Waals surface area (Å²) in [5, 5.41) is 12.7. The van der Waals surface area contributed by atoms with Gasteiger partial charge in [-0.25, -0.2) is 8.78 Å². The number of piperazine rings is 1. The van der Waals surface area contributed by atoms with Crippen LogP contribution in [0.25, 0.3) is 32.2 Å². The topological polar surface area (TPSA) is 98.5 Å². The van der Waals surface area contributed by atoms with Crippen LogP contribution in [0.5, 0.6) is 6.01 Å². The van der Waals surface area contributed by atoms with Crippen LogP contribution >= 0.6 is 11.3 Å². The quantitative estimate of drug-likeness (QED) is 0.289. The van der Waals surface area contributed by atoms with Crippen molar-refractivity contribution < 1.29 is 18.3 Å². The number of aromatic nitrogens is 3. The molecule has 0 unspecified atom stereocenters. The van der Waals surface area contributed by atoms with Crippen molar-refractivity contribution in [2.75, 3.05) is 44.7 Å². The first-order valence-corrected chi connectivity index (χ1v) is 14.6. The maximum Gasteiger partial charge on any atom is 0.319 e. The van der Waals surface area contributed by atoms with E-state index < -0.39 is 18.0 Å². The largest absolute Gasteiger partial charge is 0.462 e. The summed E-state index contributed by atoms with van der Waals surface area (Å²) in [6, 6.07) is 9.17. The van der Waals surface area contributed by atoms with Crippen LogP contribution in [0, 0.1) is 17.1 Å². The molecule has 216 valence electrons. The number of benzene rings is 1. The zero-order valence-corrected chi connectivity index (χ0v) is 23.9. The molecule has 0 radical (unpaired) electrons. The molecule has 6 rings (SSSR count). The van der Waals surface area contributed by atoms with Crippen molar-refractivity contribution in [3.8, 4) is 23.3 Å². The van der Waals surface area contributed by atoms with Gasteiger partial charge in [0.25, 0.3) is 0 Å². The number of carbonyl (C=O) groups is 1. The van der Waals surface area contributed by atoms with Crippen molar-refractivity contribution in [1.29, 1.82) is 5.26 Å². The second-order valence-corrected chi connectivity index (χ2v) is 11.5. The number of rotatable bonds is 7. The van der Waals surface area contributed by atoms with Gasteiger partial charge in [-0.15, -0.1) is 11.3 Å². The lowest BCUT2D eigenvalue weighted by Gasteiger charge is -2.41. The number of thiophene rings is 1. The third kappa shape index (κ3) is 5.14. The van der Waals surface area contributed by atoms with E-state index in [-0.39, 0.29) is 42.2 Å². The maximum absolute atomic E-state index is 16.4. The van der Waals surface area contributed by atoms with E-state index in [1.165, 1.54) is 6.08 Å². The van der Waals surface area contributed by atoms with Gasteiger partial charge in [-0.1, -0.05) is 18.7 Å². The Morgan fingerprint density at radius 1 is 1.24 bits per heavy atom. The molecule has 9 nitrogen and oxygen atoms in total. The molecule has 2 saturated heterocycles. The molecule has 42 heavy (non-hydrogen) atoms. The summed E-state index contributed by atoms with van der Waals surface area (Å²) in [6.07, 6.45) is 2.32. The molecule has 5 heterocycles. The number of ether oxygens (including phenoxy) is 1. The number of hydrogen-bond donors (Lipinski definition) is 0. The Morgan fingerprint density at radius 2 is 2.10 bits per heavy atom. The van der Waals surface area contributed by atoms with Crippen LogP contribution in [0.4, 0.5) is 14.6 Å². The number of anilines is 1. The van der Waals surface area contributed by atoms with E-state index in [1.54, 1.807) is 22.4 Å². The van der Waals surface area contributed by atoms with Gasteiger partial charge in [0.1, 0.15) is 29.8 Å². The first-order chi connectivity index (χ1) is 20.4. The van der Waals surface area contributed by atoms with Crippen molar-refractivity contribution in [1.82, 2.24) is 24.8 Å². The number of amides is 1. The zero-order chi connectivity index (χ0) is 29.4. The highest BCUT2D eigenvalue weighted by Crippen LogP contribution is 2.36. The zero-order valence-electron chi connectivity index (χ0n) is 23.0. The van der Waals surface area contributed by atoms with Crippen LogP contribution in [0.15, 0.2) is 48.5 Å². The molecule has 0 bridgehead atoms. The first-order valence-electron chi connectivity index (χ1n) is 13.7. The van der Waals surface area contributed by atoms with Gasteiger partial charge in [0.05, 0.1) is 23.9 Å². The molecular formula is C30H29F2N7O2S. The van der Waals surface area contributed by atoms with E-state index in [9.17, 15) is 14.4 Å². The Balaban J connectivity index is 1.43. The molecule has 0 N–H and O–H groups in total. The lowest BCUT2D eigenvalue weighted by atomic mass is 10.0. The van der Waals surface area contributed by atoms with E-state index in [0.717, 1.165) is 10.1 Å². The van der Waals surface area contributed by atoms with Gasteiger partial charge in [-0.2, -0.15) is 15.2 Å². The molecule has 0 saturated carbocycles. The normalized spacial score (nSPS) is 21.1. The van der Waals surface area contributed by atoms with E-state index in [1.807, 2.05) is 46.5 Å². The van der Waals surface area contributed by atoms with E-state index >= 15 is 4.39 Å². The number of carbonyl (C=O) groups excluding carboxylic acids is 1. The summed E-state index contributed by atoms with van der Waals surface area (Å²) < 4.78 is 37.4. The molecule has 2 aliphatic rings. The van der Waals surface area contributed by atoms with Gasteiger partial charge in [-0.05, 0) is 37.1 Å². The monoisotopic (exact) mass is 589 g/mol. The predicted octanol–water partition coefficient (Wildman–Crippen LogP) is 4.58. The number of alkyl halides is 1. The summed E-state index contributed by atoms with van der Waals surface area (Å²) in [5.74, 6) is -0.452. The highest BCUT2D eigenvalue weighted by Gasteiger charge is 2.33. The Bertz CT molecular complexity index is 1710. The highest BCUT2D eigenvalue weighted by atomic mass is 32.1. The smallest absolute Gasteiger partial charge is 0.319 e. The van der Waals surface area contributed by atoms with Crippen LogP contribution in [0.2, 0.25) is 0 Å². The van der Waals surface area contributed by atoms with Crippen LogP contribution in [-0.2, 0) is 4.79 Å². The van der Waals surface area contributed by atoms with E-state index in [4.69, 9.17) is 4.74 Å². The average molecular weight is 590 g/mol. The predicted molar refractivity (Wildman–Crippen MR) is 158 cm³/mol. The summed E-state index contributed by atoms with van der Waals surface area (Å²) >= 11 is 1.57. The SMILES string of the molecule is C=CC(=O)N1CCN(c2nc(OC[C@@H]3C[C@@H](F)CN3C)nc3c(F)c(-c4cccc5sccc45)ncc23)C[C@@H]1CC#N. The number of nitrogens with zero attached hydrogens (tertiary/aromatic N) is 7. The Labute approximate surface area is 245 Å². The third-order valence-electron chi connectivity index (χ3n) is 8.00. The van der Waals surface area contributed by atoms with Gasteiger partial charge in [0.15, 0.2) is 5.82 Å². The fourth-order valence-corrected chi connectivity index (χ4v) is 6.64. The van der Waals surface area contributed by atoms with E-state index in [2.05, 4.69) is 27.6 Å². The highest BCUT2D eigenvalue weighted by molar-refractivity contribution is 7.17. The number of pyridine rings is 1. The second kappa shape index (κ2) is 11.6. The molecule has 0 aliphatic carbocycles. The van der Waals surface area contributed by atoms with Gasteiger partial charge in [0, 0.05) is 54.1 Å². The number of likely N-dealkylation sites (tertiary alicyclic amines) is 1. The van der Waals surface area contributed by atoms with Crippen molar-refractivity contribution >= 4 is 44.1 Å². The van der Waals surface area contributed by atoms with Crippen molar-refractivity contribution in [2.45, 2.75) is 31.1 Å². The molecule has 12 heteroatoms. The number of nitriles is 1.